The summed E-state index contributed by atoms with van der Waals surface area (Å²) in [6.45, 7) is 7.60. The maximum Gasteiger partial charge on any atom is 0.211 e. The van der Waals surface area contributed by atoms with Gasteiger partial charge < -0.3 is 0 Å². The summed E-state index contributed by atoms with van der Waals surface area (Å²) in [7, 11) is -3.09. The summed E-state index contributed by atoms with van der Waals surface area (Å²) in [5, 5.41) is 4.28. The predicted octanol–water partition coefficient (Wildman–Crippen LogP) is 1.20. The lowest BCUT2D eigenvalue weighted by Gasteiger charge is -2.32. The Bertz CT molecular complexity index is 533. The molecule has 6 nitrogen and oxygen atoms in total. The number of hydrogen-bond donors (Lipinski definition) is 1. The number of hydrogen-bond acceptors (Lipinski definition) is 4. The quantitative estimate of drug-likeness (QED) is 0.821. The zero-order valence-electron chi connectivity index (χ0n) is 13.0. The lowest BCUT2D eigenvalue weighted by Crippen LogP contribution is -2.45. The van der Waals surface area contributed by atoms with Crippen molar-refractivity contribution in [2.24, 2.45) is 0 Å². The Morgan fingerprint density at radius 1 is 1.33 bits per heavy atom. The second-order valence-corrected chi connectivity index (χ2v) is 7.50. The third kappa shape index (κ3) is 4.79. The number of likely N-dealkylation sites (tertiary alicyclic amines) is 1. The van der Waals surface area contributed by atoms with Crippen molar-refractivity contribution in [1.82, 2.24) is 19.4 Å². The minimum Gasteiger partial charge on any atom is -0.297 e. The molecule has 7 heteroatoms. The van der Waals surface area contributed by atoms with Crippen molar-refractivity contribution >= 4 is 10.0 Å². The van der Waals surface area contributed by atoms with Crippen molar-refractivity contribution < 1.29 is 8.42 Å². The van der Waals surface area contributed by atoms with Crippen LogP contribution in [0.15, 0.2) is 12.3 Å². The molecule has 0 aliphatic carbocycles. The van der Waals surface area contributed by atoms with Gasteiger partial charge in [0.15, 0.2) is 0 Å². The van der Waals surface area contributed by atoms with E-state index in [9.17, 15) is 8.42 Å². The largest absolute Gasteiger partial charge is 0.297 e. The van der Waals surface area contributed by atoms with E-state index < -0.39 is 10.0 Å². The molecule has 0 spiro atoms. The maximum atomic E-state index is 11.8. The number of nitrogens with zero attached hydrogens (tertiary/aromatic N) is 3. The molecular weight excluding hydrogens is 288 g/mol. The van der Waals surface area contributed by atoms with Crippen LogP contribution < -0.4 is 4.72 Å². The summed E-state index contributed by atoms with van der Waals surface area (Å²) in [6, 6.07) is 2.15. The number of aryl methyl sites for hydroxylation is 1. The topological polar surface area (TPSA) is 67.2 Å². The number of aromatic nitrogens is 2. The van der Waals surface area contributed by atoms with Crippen molar-refractivity contribution in [1.29, 1.82) is 0 Å². The van der Waals surface area contributed by atoms with Crippen LogP contribution in [0.2, 0.25) is 0 Å². The maximum absolute atomic E-state index is 11.8. The van der Waals surface area contributed by atoms with E-state index in [4.69, 9.17) is 0 Å². The predicted molar refractivity (Wildman–Crippen MR) is 83.4 cm³/mol. The Kier molecular flexibility index (Phi) is 5.78. The molecule has 1 aromatic heterocycles. The summed E-state index contributed by atoms with van der Waals surface area (Å²) in [5.41, 5.74) is 1.22. The molecule has 21 heavy (non-hydrogen) atoms. The van der Waals surface area contributed by atoms with Crippen LogP contribution >= 0.6 is 0 Å². The van der Waals surface area contributed by atoms with Crippen molar-refractivity contribution in [3.05, 3.63) is 18.0 Å². The van der Waals surface area contributed by atoms with E-state index in [1.54, 1.807) is 0 Å². The van der Waals surface area contributed by atoms with E-state index in [1.165, 1.54) is 5.69 Å². The molecule has 1 aliphatic rings. The van der Waals surface area contributed by atoms with E-state index in [0.29, 0.717) is 6.42 Å². The van der Waals surface area contributed by atoms with E-state index in [-0.39, 0.29) is 11.8 Å². The van der Waals surface area contributed by atoms with Gasteiger partial charge >= 0.3 is 0 Å². The van der Waals surface area contributed by atoms with Gasteiger partial charge in [0, 0.05) is 38.4 Å². The van der Waals surface area contributed by atoms with Gasteiger partial charge in [0.1, 0.15) is 0 Å². The molecule has 1 saturated heterocycles. The molecular formula is C14H26N4O2S. The lowest BCUT2D eigenvalue weighted by molar-refractivity contribution is 0.195. The number of sulfonamides is 1. The highest BCUT2D eigenvalue weighted by atomic mass is 32.2. The Balaban J connectivity index is 1.81. The van der Waals surface area contributed by atoms with Crippen molar-refractivity contribution in [2.75, 3.05) is 18.8 Å². The molecule has 0 aromatic carbocycles. The van der Waals surface area contributed by atoms with E-state index >= 15 is 0 Å². The van der Waals surface area contributed by atoms with Crippen LogP contribution in [0.25, 0.3) is 0 Å². The first kappa shape index (κ1) is 16.5. The standard InChI is InChI=1S/C14H26N4O2S/c1-3-11-21(19,20)16-13-6-9-17(10-7-13)12-14-5-8-15-18(14)4-2/h5,8,13,16H,3-4,6-7,9-12H2,1-2H3. The molecule has 0 saturated carbocycles. The van der Waals surface area contributed by atoms with Crippen LogP contribution in [0.3, 0.4) is 0 Å². The molecule has 0 unspecified atom stereocenters. The summed E-state index contributed by atoms with van der Waals surface area (Å²) < 4.78 is 28.4. The van der Waals surface area contributed by atoms with Gasteiger partial charge in [-0.25, -0.2) is 13.1 Å². The molecule has 0 atom stereocenters. The SMILES string of the molecule is CCCS(=O)(=O)NC1CCN(Cc2ccnn2CC)CC1. The van der Waals surface area contributed by atoms with Gasteiger partial charge in [0.25, 0.3) is 0 Å². The molecule has 0 bridgehead atoms. The van der Waals surface area contributed by atoms with E-state index in [1.807, 2.05) is 17.8 Å². The molecule has 0 amide bonds. The van der Waals surface area contributed by atoms with Crippen molar-refractivity contribution in [2.45, 2.75) is 52.2 Å². The Hall–Kier alpha value is -0.920. The number of nitrogens with one attached hydrogen (secondary N) is 1. The first-order valence-corrected chi connectivity index (χ1v) is 9.42. The summed E-state index contributed by atoms with van der Waals surface area (Å²) in [6.07, 6.45) is 4.26. The Labute approximate surface area is 127 Å². The van der Waals surface area contributed by atoms with Crippen molar-refractivity contribution in [3.8, 4) is 0 Å². The second kappa shape index (κ2) is 7.38. The summed E-state index contributed by atoms with van der Waals surface area (Å²) >= 11 is 0. The van der Waals surface area contributed by atoms with Crippen LogP contribution in [0.1, 0.15) is 38.8 Å². The molecule has 1 fully saturated rings. The summed E-state index contributed by atoms with van der Waals surface area (Å²) in [4.78, 5) is 2.37. The van der Waals surface area contributed by atoms with Crippen molar-refractivity contribution in [3.63, 3.8) is 0 Å². The highest BCUT2D eigenvalue weighted by Crippen LogP contribution is 2.14. The van der Waals surface area contributed by atoms with E-state index in [2.05, 4.69) is 27.7 Å². The molecule has 0 radical (unpaired) electrons. The average Bonchev–Trinajstić information content (AvgIpc) is 2.88. The summed E-state index contributed by atoms with van der Waals surface area (Å²) in [5.74, 6) is 0.225. The smallest absolute Gasteiger partial charge is 0.211 e. The normalized spacial score (nSPS) is 18.2. The van der Waals surface area contributed by atoms with Gasteiger partial charge in [-0.2, -0.15) is 5.10 Å². The van der Waals surface area contributed by atoms with Crippen LogP contribution in [-0.2, 0) is 23.1 Å². The highest BCUT2D eigenvalue weighted by molar-refractivity contribution is 7.89. The third-order valence-corrected chi connectivity index (χ3v) is 5.53. The van der Waals surface area contributed by atoms with Gasteiger partial charge in [-0.05, 0) is 32.3 Å². The molecule has 1 aromatic rings. The van der Waals surface area contributed by atoms with Crippen LogP contribution in [0.5, 0.6) is 0 Å². The minimum atomic E-state index is -3.09. The molecule has 2 heterocycles. The Morgan fingerprint density at radius 2 is 2.05 bits per heavy atom. The van der Waals surface area contributed by atoms with Gasteiger partial charge in [-0.3, -0.25) is 9.58 Å². The first-order chi connectivity index (χ1) is 10.0. The van der Waals surface area contributed by atoms with Crippen LogP contribution in [-0.4, -0.2) is 48.0 Å². The minimum absolute atomic E-state index is 0.0916. The number of piperidine rings is 1. The molecule has 120 valence electrons. The van der Waals surface area contributed by atoms with Crippen LogP contribution in [0, 0.1) is 0 Å². The molecule has 1 aliphatic heterocycles. The second-order valence-electron chi connectivity index (χ2n) is 5.63. The fourth-order valence-corrected chi connectivity index (χ4v) is 4.20. The third-order valence-electron chi connectivity index (χ3n) is 3.90. The zero-order valence-corrected chi connectivity index (χ0v) is 13.8. The van der Waals surface area contributed by atoms with Crippen LogP contribution in [0.4, 0.5) is 0 Å². The number of rotatable bonds is 7. The van der Waals surface area contributed by atoms with Gasteiger partial charge in [0.2, 0.25) is 10.0 Å². The fourth-order valence-electron chi connectivity index (χ4n) is 2.80. The average molecular weight is 314 g/mol. The lowest BCUT2D eigenvalue weighted by atomic mass is 10.1. The van der Waals surface area contributed by atoms with E-state index in [0.717, 1.165) is 39.0 Å². The molecule has 2 rings (SSSR count). The Morgan fingerprint density at radius 3 is 2.67 bits per heavy atom. The van der Waals surface area contributed by atoms with Gasteiger partial charge in [-0.1, -0.05) is 6.92 Å². The highest BCUT2D eigenvalue weighted by Gasteiger charge is 2.23. The van der Waals surface area contributed by atoms with Gasteiger partial charge in [0.05, 0.1) is 11.4 Å². The monoisotopic (exact) mass is 314 g/mol. The first-order valence-electron chi connectivity index (χ1n) is 7.77. The van der Waals surface area contributed by atoms with Gasteiger partial charge in [-0.15, -0.1) is 0 Å². The fraction of sp³-hybridized carbons (Fsp3) is 0.786. The zero-order chi connectivity index (χ0) is 15.3. The molecule has 1 N–H and O–H groups in total.